The average molecular weight is 201 g/mol. The van der Waals surface area contributed by atoms with Crippen LogP contribution in [0.4, 0.5) is 0 Å². The Morgan fingerprint density at radius 1 is 1.43 bits per heavy atom. The number of rotatable bonds is 5. The lowest BCUT2D eigenvalue weighted by molar-refractivity contribution is -0.141. The first-order chi connectivity index (χ1) is 6.22. The lowest BCUT2D eigenvalue weighted by Gasteiger charge is -2.24. The Morgan fingerprint density at radius 3 is 2.29 bits per heavy atom. The van der Waals surface area contributed by atoms with Crippen molar-refractivity contribution < 1.29 is 9.90 Å². The molecule has 3 heteroatoms. The predicted octanol–water partition coefficient (Wildman–Crippen LogP) is 2.08. The van der Waals surface area contributed by atoms with Gasteiger partial charge in [-0.25, -0.2) is 0 Å². The van der Waals surface area contributed by atoms with Gasteiger partial charge in [-0.05, 0) is 25.4 Å². The summed E-state index contributed by atoms with van der Waals surface area (Å²) in [5.41, 5.74) is 0.320. The van der Waals surface area contributed by atoms with Crippen molar-refractivity contribution in [3.05, 3.63) is 0 Å². The number of aliphatic carboxylic acids is 1. The minimum absolute atomic E-state index is 0.278. The van der Waals surface area contributed by atoms with Gasteiger partial charge in [-0.15, -0.1) is 0 Å². The Balaban J connectivity index is 3.76. The van der Waals surface area contributed by atoms with Crippen LogP contribution in [0.25, 0.3) is 0 Å². The smallest absolute Gasteiger partial charge is 0.307 e. The van der Waals surface area contributed by atoms with Crippen molar-refractivity contribution in [1.29, 1.82) is 0 Å². The van der Waals surface area contributed by atoms with Crippen LogP contribution in [0.1, 0.15) is 34.1 Å². The van der Waals surface area contributed by atoms with Gasteiger partial charge >= 0.3 is 5.97 Å². The van der Waals surface area contributed by atoms with Gasteiger partial charge in [-0.1, -0.05) is 27.7 Å². The number of hydrogen-bond acceptors (Lipinski definition) is 2. The molecule has 14 heavy (non-hydrogen) atoms. The van der Waals surface area contributed by atoms with Crippen LogP contribution in [-0.4, -0.2) is 36.1 Å². The number of carboxylic acid groups (broad SMARTS) is 1. The molecule has 0 fully saturated rings. The Labute approximate surface area is 87.1 Å². The SMILES string of the molecule is CC(CN(C)CCC(C)(C)C)C(=O)O. The van der Waals surface area contributed by atoms with E-state index < -0.39 is 5.97 Å². The third-order valence-electron chi connectivity index (χ3n) is 2.25. The number of hydrogen-bond donors (Lipinski definition) is 1. The van der Waals surface area contributed by atoms with Crippen LogP contribution in [0.3, 0.4) is 0 Å². The molecule has 0 radical (unpaired) electrons. The molecule has 0 spiro atoms. The molecular weight excluding hydrogens is 178 g/mol. The third-order valence-corrected chi connectivity index (χ3v) is 2.25. The van der Waals surface area contributed by atoms with E-state index in [1.54, 1.807) is 6.92 Å². The largest absolute Gasteiger partial charge is 0.481 e. The highest BCUT2D eigenvalue weighted by molar-refractivity contribution is 5.69. The first kappa shape index (κ1) is 13.4. The van der Waals surface area contributed by atoms with Gasteiger partial charge in [0.15, 0.2) is 0 Å². The standard InChI is InChI=1S/C11H23NO2/c1-9(10(13)14)8-12(5)7-6-11(2,3)4/h9H,6-8H2,1-5H3,(H,13,14). The van der Waals surface area contributed by atoms with Crippen LogP contribution >= 0.6 is 0 Å². The van der Waals surface area contributed by atoms with E-state index in [0.29, 0.717) is 12.0 Å². The molecule has 1 N–H and O–H groups in total. The van der Waals surface area contributed by atoms with Crippen LogP contribution in [0.15, 0.2) is 0 Å². The van der Waals surface area contributed by atoms with E-state index in [2.05, 4.69) is 25.7 Å². The van der Waals surface area contributed by atoms with Gasteiger partial charge in [-0.2, -0.15) is 0 Å². The molecule has 0 amide bonds. The quantitative estimate of drug-likeness (QED) is 0.740. The molecule has 0 aliphatic heterocycles. The molecule has 0 aromatic carbocycles. The van der Waals surface area contributed by atoms with Gasteiger partial charge in [0.2, 0.25) is 0 Å². The predicted molar refractivity (Wildman–Crippen MR) is 58.4 cm³/mol. The summed E-state index contributed by atoms with van der Waals surface area (Å²) in [5, 5.41) is 8.73. The second-order valence-corrected chi connectivity index (χ2v) is 5.31. The minimum atomic E-state index is -0.715. The number of carboxylic acids is 1. The van der Waals surface area contributed by atoms with Crippen molar-refractivity contribution >= 4 is 5.97 Å². The summed E-state index contributed by atoms with van der Waals surface area (Å²) in [6.45, 7) is 9.92. The second kappa shape index (κ2) is 5.35. The van der Waals surface area contributed by atoms with E-state index in [9.17, 15) is 4.79 Å². The van der Waals surface area contributed by atoms with Crippen LogP contribution in [0.2, 0.25) is 0 Å². The molecule has 0 aliphatic rings. The molecule has 84 valence electrons. The minimum Gasteiger partial charge on any atom is -0.481 e. The van der Waals surface area contributed by atoms with Crippen molar-refractivity contribution in [2.45, 2.75) is 34.1 Å². The Kier molecular flexibility index (Phi) is 5.13. The molecule has 3 nitrogen and oxygen atoms in total. The molecule has 0 aliphatic carbocycles. The van der Waals surface area contributed by atoms with Crippen LogP contribution in [0.5, 0.6) is 0 Å². The summed E-state index contributed by atoms with van der Waals surface area (Å²) in [7, 11) is 1.98. The van der Waals surface area contributed by atoms with Crippen LogP contribution in [0, 0.1) is 11.3 Å². The Bertz CT molecular complexity index is 184. The maximum absolute atomic E-state index is 10.6. The van der Waals surface area contributed by atoms with Crippen molar-refractivity contribution in [3.63, 3.8) is 0 Å². The maximum atomic E-state index is 10.6. The Hall–Kier alpha value is -0.570. The van der Waals surface area contributed by atoms with Crippen LogP contribution < -0.4 is 0 Å². The highest BCUT2D eigenvalue weighted by atomic mass is 16.4. The summed E-state index contributed by atoms with van der Waals surface area (Å²) in [6.07, 6.45) is 1.09. The zero-order valence-corrected chi connectivity index (χ0v) is 10.0. The van der Waals surface area contributed by atoms with Crippen LogP contribution in [-0.2, 0) is 4.79 Å². The third kappa shape index (κ3) is 6.89. The summed E-state index contributed by atoms with van der Waals surface area (Å²) in [4.78, 5) is 12.7. The van der Waals surface area contributed by atoms with E-state index in [-0.39, 0.29) is 5.92 Å². The molecule has 0 saturated heterocycles. The summed E-state index contributed by atoms with van der Waals surface area (Å²) < 4.78 is 0. The molecule has 1 unspecified atom stereocenters. The molecule has 0 saturated carbocycles. The number of carbonyl (C=O) groups is 1. The first-order valence-corrected chi connectivity index (χ1v) is 5.14. The topological polar surface area (TPSA) is 40.5 Å². The van der Waals surface area contributed by atoms with E-state index in [1.807, 2.05) is 7.05 Å². The van der Waals surface area contributed by atoms with Crippen molar-refractivity contribution in [2.24, 2.45) is 11.3 Å². The van der Waals surface area contributed by atoms with E-state index in [0.717, 1.165) is 13.0 Å². The lowest BCUT2D eigenvalue weighted by atomic mass is 9.92. The van der Waals surface area contributed by atoms with Crippen molar-refractivity contribution in [3.8, 4) is 0 Å². The van der Waals surface area contributed by atoms with E-state index in [4.69, 9.17) is 5.11 Å². The molecular formula is C11H23NO2. The zero-order valence-electron chi connectivity index (χ0n) is 10.0. The van der Waals surface area contributed by atoms with Gasteiger partial charge in [0.1, 0.15) is 0 Å². The van der Waals surface area contributed by atoms with Gasteiger partial charge in [0.05, 0.1) is 5.92 Å². The summed E-state index contributed by atoms with van der Waals surface area (Å²) >= 11 is 0. The highest BCUT2D eigenvalue weighted by Crippen LogP contribution is 2.18. The van der Waals surface area contributed by atoms with Crippen molar-refractivity contribution in [2.75, 3.05) is 20.1 Å². The Morgan fingerprint density at radius 2 is 1.93 bits per heavy atom. The molecule has 0 aromatic heterocycles. The average Bonchev–Trinajstić information content (AvgIpc) is 1.99. The van der Waals surface area contributed by atoms with Gasteiger partial charge in [0, 0.05) is 6.54 Å². The second-order valence-electron chi connectivity index (χ2n) is 5.31. The summed E-state index contributed by atoms with van der Waals surface area (Å²) in [6, 6.07) is 0. The number of nitrogens with zero attached hydrogens (tertiary/aromatic N) is 1. The molecule has 0 rings (SSSR count). The van der Waals surface area contributed by atoms with E-state index in [1.165, 1.54) is 0 Å². The molecule has 0 bridgehead atoms. The summed E-state index contributed by atoms with van der Waals surface area (Å²) in [5.74, 6) is -0.993. The van der Waals surface area contributed by atoms with Gasteiger partial charge < -0.3 is 10.0 Å². The lowest BCUT2D eigenvalue weighted by Crippen LogP contribution is -2.31. The molecule has 1 atom stereocenters. The molecule has 0 heterocycles. The highest BCUT2D eigenvalue weighted by Gasteiger charge is 2.15. The first-order valence-electron chi connectivity index (χ1n) is 5.14. The van der Waals surface area contributed by atoms with E-state index >= 15 is 0 Å². The zero-order chi connectivity index (χ0) is 11.4. The van der Waals surface area contributed by atoms with Gasteiger partial charge in [0.25, 0.3) is 0 Å². The fourth-order valence-electron chi connectivity index (χ4n) is 1.16. The fraction of sp³-hybridized carbons (Fsp3) is 0.909. The fourth-order valence-corrected chi connectivity index (χ4v) is 1.16. The van der Waals surface area contributed by atoms with Gasteiger partial charge in [-0.3, -0.25) is 4.79 Å². The monoisotopic (exact) mass is 201 g/mol. The maximum Gasteiger partial charge on any atom is 0.307 e. The normalized spacial score (nSPS) is 14.4. The van der Waals surface area contributed by atoms with Crippen molar-refractivity contribution in [1.82, 2.24) is 4.90 Å². The molecule has 0 aromatic rings.